The maximum Gasteiger partial charge on any atom is 0.175 e. The van der Waals surface area contributed by atoms with E-state index < -0.39 is 0 Å². The van der Waals surface area contributed by atoms with Crippen molar-refractivity contribution >= 4 is 39.1 Å². The van der Waals surface area contributed by atoms with Crippen molar-refractivity contribution in [1.82, 2.24) is 10.2 Å². The monoisotopic (exact) mass is 474 g/mol. The summed E-state index contributed by atoms with van der Waals surface area (Å²) in [6, 6.07) is 9.43. The van der Waals surface area contributed by atoms with Crippen LogP contribution in [0, 0.1) is 0 Å². The molecule has 0 bridgehead atoms. The van der Waals surface area contributed by atoms with Crippen molar-refractivity contribution in [3.05, 3.63) is 56.0 Å². The Morgan fingerprint density at radius 1 is 1.11 bits per heavy atom. The van der Waals surface area contributed by atoms with E-state index >= 15 is 0 Å². The molecule has 0 aliphatic rings. The summed E-state index contributed by atoms with van der Waals surface area (Å²) >= 11 is 15.8. The molecule has 0 amide bonds. The van der Waals surface area contributed by atoms with Crippen molar-refractivity contribution in [1.29, 1.82) is 0 Å². The molecule has 0 aromatic heterocycles. The van der Waals surface area contributed by atoms with Crippen LogP contribution in [0.25, 0.3) is 0 Å². The summed E-state index contributed by atoms with van der Waals surface area (Å²) in [6.45, 7) is 5.51. The van der Waals surface area contributed by atoms with Gasteiger partial charge in [-0.25, -0.2) is 0 Å². The van der Waals surface area contributed by atoms with E-state index in [2.05, 4.69) is 40.2 Å². The van der Waals surface area contributed by atoms with Gasteiger partial charge in [-0.15, -0.1) is 0 Å². The quantitative estimate of drug-likeness (QED) is 0.467. The molecular formula is C20H25BrCl2N2O2. The minimum Gasteiger partial charge on any atom is -0.490 e. The van der Waals surface area contributed by atoms with Gasteiger partial charge >= 0.3 is 0 Å². The summed E-state index contributed by atoms with van der Waals surface area (Å²) in [7, 11) is 4.12. The van der Waals surface area contributed by atoms with Crippen molar-refractivity contribution in [3.63, 3.8) is 0 Å². The summed E-state index contributed by atoms with van der Waals surface area (Å²) in [6.07, 6.45) is 0. The van der Waals surface area contributed by atoms with Crippen LogP contribution in [-0.2, 0) is 13.2 Å². The van der Waals surface area contributed by atoms with Gasteiger partial charge in [0.2, 0.25) is 0 Å². The highest BCUT2D eigenvalue weighted by Crippen LogP contribution is 2.38. The number of nitrogens with one attached hydrogen (secondary N) is 1. The third-order valence-corrected chi connectivity index (χ3v) is 5.00. The molecule has 0 aliphatic heterocycles. The summed E-state index contributed by atoms with van der Waals surface area (Å²) in [4.78, 5) is 2.15. The predicted octanol–water partition coefficient (Wildman–Crippen LogP) is 5.38. The van der Waals surface area contributed by atoms with E-state index in [9.17, 15) is 0 Å². The Balaban J connectivity index is 2.10. The number of likely N-dealkylation sites (N-methyl/N-ethyl adjacent to an activating group) is 1. The first kappa shape index (κ1) is 22.3. The molecule has 0 saturated carbocycles. The van der Waals surface area contributed by atoms with Crippen LogP contribution in [0.5, 0.6) is 11.5 Å². The molecule has 4 nitrogen and oxygen atoms in total. The molecule has 1 N–H and O–H groups in total. The number of hydrogen-bond acceptors (Lipinski definition) is 4. The van der Waals surface area contributed by atoms with E-state index in [0.717, 1.165) is 35.2 Å². The zero-order valence-corrected chi connectivity index (χ0v) is 18.9. The molecule has 2 rings (SSSR count). The van der Waals surface area contributed by atoms with Crippen LogP contribution in [0.2, 0.25) is 10.0 Å². The fraction of sp³-hybridized carbons (Fsp3) is 0.400. The van der Waals surface area contributed by atoms with Crippen molar-refractivity contribution in [2.75, 3.05) is 33.8 Å². The number of ether oxygens (including phenoxy) is 2. The first-order valence-electron chi connectivity index (χ1n) is 8.78. The van der Waals surface area contributed by atoms with Crippen molar-refractivity contribution in [2.24, 2.45) is 0 Å². The molecule has 0 heterocycles. The minimum atomic E-state index is 0.328. The SMILES string of the molecule is CCOc1cc(CNCCN(C)C)cc(Br)c1OCc1ccc(Cl)cc1Cl. The fourth-order valence-electron chi connectivity index (χ4n) is 2.45. The number of halogens is 3. The summed E-state index contributed by atoms with van der Waals surface area (Å²) in [5.41, 5.74) is 1.99. The maximum absolute atomic E-state index is 6.24. The second-order valence-corrected chi connectivity index (χ2v) is 8.04. The molecule has 0 radical (unpaired) electrons. The van der Waals surface area contributed by atoms with E-state index in [4.69, 9.17) is 32.7 Å². The third-order valence-electron chi connectivity index (χ3n) is 3.82. The average Bonchev–Trinajstić information content (AvgIpc) is 2.59. The number of benzene rings is 2. The van der Waals surface area contributed by atoms with Gasteiger partial charge in [0.25, 0.3) is 0 Å². The van der Waals surface area contributed by atoms with Crippen molar-refractivity contribution in [3.8, 4) is 11.5 Å². The lowest BCUT2D eigenvalue weighted by Crippen LogP contribution is -2.26. The zero-order chi connectivity index (χ0) is 19.8. The van der Waals surface area contributed by atoms with Crippen LogP contribution in [0.1, 0.15) is 18.1 Å². The lowest BCUT2D eigenvalue weighted by molar-refractivity contribution is 0.267. The number of hydrogen-bond donors (Lipinski definition) is 1. The summed E-state index contributed by atoms with van der Waals surface area (Å²) in [5.74, 6) is 1.38. The Hall–Kier alpha value is -0.980. The standard InChI is InChI=1S/C20H25BrCl2N2O2/c1-4-26-19-10-14(12-24-7-8-25(2)3)9-17(21)20(19)27-13-15-5-6-16(22)11-18(15)23/h5-6,9-11,24H,4,7-8,12-13H2,1-3H3. The molecule has 0 aliphatic carbocycles. The van der Waals surface area contributed by atoms with E-state index in [1.165, 1.54) is 0 Å². The molecule has 7 heteroatoms. The van der Waals surface area contributed by atoms with E-state index in [1.54, 1.807) is 12.1 Å². The Bertz CT molecular complexity index is 757. The average molecular weight is 476 g/mol. The Morgan fingerprint density at radius 3 is 2.56 bits per heavy atom. The Kier molecular flexibility index (Phi) is 9.19. The molecule has 2 aromatic carbocycles. The van der Waals surface area contributed by atoms with Gasteiger partial charge in [-0.3, -0.25) is 0 Å². The molecular weight excluding hydrogens is 451 g/mol. The first-order chi connectivity index (χ1) is 12.9. The molecule has 0 spiro atoms. The van der Waals surface area contributed by atoms with Gasteiger partial charge in [0.05, 0.1) is 11.1 Å². The van der Waals surface area contributed by atoms with Crippen molar-refractivity contribution < 1.29 is 9.47 Å². The van der Waals surface area contributed by atoms with Crippen LogP contribution in [-0.4, -0.2) is 38.7 Å². The van der Waals surface area contributed by atoms with Crippen LogP contribution in [0.4, 0.5) is 0 Å². The van der Waals surface area contributed by atoms with Crippen molar-refractivity contribution in [2.45, 2.75) is 20.1 Å². The smallest absolute Gasteiger partial charge is 0.175 e. The van der Waals surface area contributed by atoms with Gasteiger partial charge in [0, 0.05) is 35.2 Å². The van der Waals surface area contributed by atoms with Crippen LogP contribution in [0.15, 0.2) is 34.8 Å². The maximum atomic E-state index is 6.24. The highest BCUT2D eigenvalue weighted by molar-refractivity contribution is 9.10. The van der Waals surface area contributed by atoms with Gasteiger partial charge in [0.1, 0.15) is 6.61 Å². The first-order valence-corrected chi connectivity index (χ1v) is 10.3. The topological polar surface area (TPSA) is 33.7 Å². The molecule has 0 fully saturated rings. The summed E-state index contributed by atoms with van der Waals surface area (Å²) < 4.78 is 12.7. The fourth-order valence-corrected chi connectivity index (χ4v) is 3.52. The van der Waals surface area contributed by atoms with Gasteiger partial charge in [-0.1, -0.05) is 29.3 Å². The summed E-state index contributed by atoms with van der Waals surface area (Å²) in [5, 5.41) is 4.62. The predicted molar refractivity (Wildman–Crippen MR) is 116 cm³/mol. The van der Waals surface area contributed by atoms with E-state index in [0.29, 0.717) is 34.8 Å². The third kappa shape index (κ3) is 7.16. The molecule has 0 saturated heterocycles. The number of nitrogens with zero attached hydrogens (tertiary/aromatic N) is 1. The molecule has 27 heavy (non-hydrogen) atoms. The van der Waals surface area contributed by atoms with E-state index in [-0.39, 0.29) is 0 Å². The van der Waals surface area contributed by atoms with Gasteiger partial charge in [-0.05, 0) is 66.8 Å². The Morgan fingerprint density at radius 2 is 1.89 bits per heavy atom. The Labute approximate surface area is 179 Å². The normalized spacial score (nSPS) is 11.1. The van der Waals surface area contributed by atoms with Gasteiger partial charge < -0.3 is 19.7 Å². The second kappa shape index (κ2) is 11.1. The second-order valence-electron chi connectivity index (χ2n) is 6.34. The highest BCUT2D eigenvalue weighted by atomic mass is 79.9. The lowest BCUT2D eigenvalue weighted by Gasteiger charge is -2.17. The largest absolute Gasteiger partial charge is 0.490 e. The highest BCUT2D eigenvalue weighted by Gasteiger charge is 2.13. The minimum absolute atomic E-state index is 0.328. The van der Waals surface area contributed by atoms with Crippen LogP contribution < -0.4 is 14.8 Å². The molecule has 0 unspecified atom stereocenters. The molecule has 148 valence electrons. The van der Waals surface area contributed by atoms with Gasteiger partial charge in [0.15, 0.2) is 11.5 Å². The van der Waals surface area contributed by atoms with Gasteiger partial charge in [-0.2, -0.15) is 0 Å². The lowest BCUT2D eigenvalue weighted by atomic mass is 10.2. The zero-order valence-electron chi connectivity index (χ0n) is 15.8. The molecule has 0 atom stereocenters. The van der Waals surface area contributed by atoms with Crippen LogP contribution >= 0.6 is 39.1 Å². The van der Waals surface area contributed by atoms with E-state index in [1.807, 2.05) is 25.1 Å². The van der Waals surface area contributed by atoms with Crippen LogP contribution in [0.3, 0.4) is 0 Å². The molecule has 2 aromatic rings. The number of rotatable bonds is 10.